The smallest absolute Gasteiger partial charge is 0.330 e. The van der Waals surface area contributed by atoms with Crippen LogP contribution in [0.1, 0.15) is 45.4 Å². The summed E-state index contributed by atoms with van der Waals surface area (Å²) in [4.78, 5) is 29.9. The monoisotopic (exact) mass is 307 g/mol. The molecule has 122 valence electrons. The molecule has 0 atom stereocenters. The number of hydrogen-bond donors (Lipinski definition) is 1. The first-order valence-electron chi connectivity index (χ1n) is 7.84. The van der Waals surface area contributed by atoms with Gasteiger partial charge in [-0.2, -0.15) is 0 Å². The summed E-state index contributed by atoms with van der Waals surface area (Å²) >= 11 is 0. The van der Waals surface area contributed by atoms with Crippen LogP contribution in [0.15, 0.2) is 9.59 Å². The lowest BCUT2D eigenvalue weighted by Gasteiger charge is -2.10. The molecule has 0 spiro atoms. The molecule has 7 heteroatoms. The van der Waals surface area contributed by atoms with Crippen LogP contribution in [0.2, 0.25) is 0 Å². The quantitative estimate of drug-likeness (QED) is 0.854. The lowest BCUT2D eigenvalue weighted by atomic mass is 10.2. The summed E-state index contributed by atoms with van der Waals surface area (Å²) in [7, 11) is 1.83. The highest BCUT2D eigenvalue weighted by Gasteiger charge is 2.20. The molecule has 2 aromatic heterocycles. The second kappa shape index (κ2) is 6.48. The van der Waals surface area contributed by atoms with Crippen LogP contribution >= 0.6 is 0 Å². The van der Waals surface area contributed by atoms with Gasteiger partial charge in [-0.15, -0.1) is 0 Å². The van der Waals surface area contributed by atoms with E-state index in [-0.39, 0.29) is 17.2 Å². The Morgan fingerprint density at radius 3 is 2.41 bits per heavy atom. The lowest BCUT2D eigenvalue weighted by Crippen LogP contribution is -2.41. The van der Waals surface area contributed by atoms with Crippen LogP contribution in [0.3, 0.4) is 0 Å². The number of nitrogens with two attached hydrogens (primary N) is 1. The zero-order valence-corrected chi connectivity index (χ0v) is 13.8. The molecule has 0 fully saturated rings. The zero-order chi connectivity index (χ0) is 16.4. The minimum absolute atomic E-state index is 0.180. The standard InChI is InChI=1S/C15H25N5O2/c1-5-8-19-13-11(18(4)12(17-13)10(2)3)14(21)20(15(19)22)9-6-7-16/h10H,5-9,16H2,1-4H3. The predicted molar refractivity (Wildman–Crippen MR) is 87.3 cm³/mol. The van der Waals surface area contributed by atoms with Crippen molar-refractivity contribution in [2.75, 3.05) is 6.54 Å². The number of hydrogen-bond acceptors (Lipinski definition) is 4. The van der Waals surface area contributed by atoms with Crippen LogP contribution in [-0.4, -0.2) is 25.2 Å². The Kier molecular flexibility index (Phi) is 4.85. The summed E-state index contributed by atoms with van der Waals surface area (Å²) in [5.41, 5.74) is 5.94. The van der Waals surface area contributed by atoms with Gasteiger partial charge in [0.2, 0.25) is 0 Å². The van der Waals surface area contributed by atoms with E-state index in [1.54, 1.807) is 4.57 Å². The van der Waals surface area contributed by atoms with Crippen molar-refractivity contribution in [2.45, 2.75) is 52.6 Å². The largest absolute Gasteiger partial charge is 0.332 e. The van der Waals surface area contributed by atoms with Crippen LogP contribution in [0, 0.1) is 0 Å². The second-order valence-corrected chi connectivity index (χ2v) is 5.89. The highest BCUT2D eigenvalue weighted by molar-refractivity contribution is 5.71. The van der Waals surface area contributed by atoms with Gasteiger partial charge in [-0.1, -0.05) is 20.8 Å². The van der Waals surface area contributed by atoms with E-state index in [9.17, 15) is 9.59 Å². The topological polar surface area (TPSA) is 87.8 Å². The Morgan fingerprint density at radius 1 is 1.18 bits per heavy atom. The molecule has 0 aliphatic rings. The molecule has 2 heterocycles. The normalized spacial score (nSPS) is 11.7. The maximum atomic E-state index is 12.7. The fourth-order valence-electron chi connectivity index (χ4n) is 2.77. The van der Waals surface area contributed by atoms with Crippen molar-refractivity contribution in [3.05, 3.63) is 26.7 Å². The first kappa shape index (κ1) is 16.5. The number of aromatic nitrogens is 4. The third kappa shape index (κ3) is 2.61. The SMILES string of the molecule is CCCn1c(=O)n(CCCN)c(=O)c2c1nc(C(C)C)n2C. The molecule has 0 amide bonds. The van der Waals surface area contributed by atoms with E-state index in [2.05, 4.69) is 4.98 Å². The first-order valence-corrected chi connectivity index (χ1v) is 7.84. The van der Waals surface area contributed by atoms with Crippen molar-refractivity contribution >= 4 is 11.2 Å². The van der Waals surface area contributed by atoms with Gasteiger partial charge in [0.05, 0.1) is 0 Å². The Bertz CT molecular complexity index is 782. The van der Waals surface area contributed by atoms with Crippen LogP contribution < -0.4 is 17.0 Å². The number of fused-ring (bicyclic) bond motifs is 1. The fourth-order valence-corrected chi connectivity index (χ4v) is 2.77. The molecule has 0 saturated carbocycles. The fraction of sp³-hybridized carbons (Fsp3) is 0.667. The van der Waals surface area contributed by atoms with E-state index < -0.39 is 0 Å². The van der Waals surface area contributed by atoms with Gasteiger partial charge in [-0.25, -0.2) is 9.78 Å². The Hall–Kier alpha value is -1.89. The Labute approximate surface area is 129 Å². The molecule has 0 aliphatic carbocycles. The van der Waals surface area contributed by atoms with E-state index in [0.717, 1.165) is 12.2 Å². The van der Waals surface area contributed by atoms with Crippen LogP contribution in [0.4, 0.5) is 0 Å². The van der Waals surface area contributed by atoms with Crippen molar-refractivity contribution in [3.8, 4) is 0 Å². The molecule has 0 saturated heterocycles. The van der Waals surface area contributed by atoms with Gasteiger partial charge < -0.3 is 10.3 Å². The van der Waals surface area contributed by atoms with Gasteiger partial charge in [0.1, 0.15) is 5.82 Å². The maximum Gasteiger partial charge on any atom is 0.332 e. The highest BCUT2D eigenvalue weighted by Crippen LogP contribution is 2.17. The van der Waals surface area contributed by atoms with E-state index in [4.69, 9.17) is 5.73 Å². The van der Waals surface area contributed by atoms with Gasteiger partial charge in [-0.3, -0.25) is 13.9 Å². The first-order chi connectivity index (χ1) is 10.4. The molecule has 0 bridgehead atoms. The van der Waals surface area contributed by atoms with Gasteiger partial charge in [0, 0.05) is 26.1 Å². The van der Waals surface area contributed by atoms with Crippen molar-refractivity contribution in [2.24, 2.45) is 12.8 Å². The van der Waals surface area contributed by atoms with Crippen LogP contribution in [-0.2, 0) is 20.1 Å². The average molecular weight is 307 g/mol. The Morgan fingerprint density at radius 2 is 1.86 bits per heavy atom. The minimum atomic E-state index is -0.291. The van der Waals surface area contributed by atoms with Crippen molar-refractivity contribution in [1.29, 1.82) is 0 Å². The summed E-state index contributed by atoms with van der Waals surface area (Å²) in [6.07, 6.45) is 1.40. The highest BCUT2D eigenvalue weighted by atomic mass is 16.2. The lowest BCUT2D eigenvalue weighted by molar-refractivity contribution is 0.546. The molecule has 2 aromatic rings. The number of aryl methyl sites for hydroxylation is 2. The predicted octanol–water partition coefficient (Wildman–Crippen LogP) is 0.779. The number of imidazole rings is 1. The van der Waals surface area contributed by atoms with E-state index in [0.29, 0.717) is 37.2 Å². The molecule has 7 nitrogen and oxygen atoms in total. The van der Waals surface area contributed by atoms with Crippen molar-refractivity contribution in [1.82, 2.24) is 18.7 Å². The van der Waals surface area contributed by atoms with Gasteiger partial charge >= 0.3 is 5.69 Å². The van der Waals surface area contributed by atoms with E-state index in [1.165, 1.54) is 4.57 Å². The molecular weight excluding hydrogens is 282 g/mol. The Balaban J connectivity index is 2.86. The third-order valence-electron chi connectivity index (χ3n) is 3.83. The summed E-state index contributed by atoms with van der Waals surface area (Å²) in [5, 5.41) is 0. The molecule has 0 unspecified atom stereocenters. The molecule has 0 radical (unpaired) electrons. The zero-order valence-electron chi connectivity index (χ0n) is 13.8. The van der Waals surface area contributed by atoms with E-state index in [1.807, 2.05) is 32.4 Å². The van der Waals surface area contributed by atoms with Gasteiger partial charge in [-0.05, 0) is 19.4 Å². The van der Waals surface area contributed by atoms with Crippen LogP contribution in [0.5, 0.6) is 0 Å². The summed E-state index contributed by atoms with van der Waals surface area (Å²) in [5.74, 6) is 0.993. The summed E-state index contributed by atoms with van der Waals surface area (Å²) in [6.45, 7) is 7.38. The molecule has 2 N–H and O–H groups in total. The van der Waals surface area contributed by atoms with Gasteiger partial charge in [0.15, 0.2) is 11.2 Å². The van der Waals surface area contributed by atoms with E-state index >= 15 is 0 Å². The number of rotatable bonds is 6. The average Bonchev–Trinajstić information content (AvgIpc) is 2.81. The summed E-state index contributed by atoms with van der Waals surface area (Å²) in [6, 6.07) is 0. The minimum Gasteiger partial charge on any atom is -0.330 e. The van der Waals surface area contributed by atoms with Crippen molar-refractivity contribution in [3.63, 3.8) is 0 Å². The third-order valence-corrected chi connectivity index (χ3v) is 3.83. The van der Waals surface area contributed by atoms with Crippen LogP contribution in [0.25, 0.3) is 11.2 Å². The molecule has 0 aliphatic heterocycles. The molecule has 0 aromatic carbocycles. The number of nitrogens with zero attached hydrogens (tertiary/aromatic N) is 4. The molecular formula is C15H25N5O2. The summed E-state index contributed by atoms with van der Waals surface area (Å²) < 4.78 is 4.71. The molecule has 2 rings (SSSR count). The second-order valence-electron chi connectivity index (χ2n) is 5.89. The van der Waals surface area contributed by atoms with Crippen molar-refractivity contribution < 1.29 is 0 Å². The molecule has 22 heavy (non-hydrogen) atoms. The van der Waals surface area contributed by atoms with Gasteiger partial charge in [0.25, 0.3) is 5.56 Å². The maximum absolute atomic E-state index is 12.7.